The van der Waals surface area contributed by atoms with Gasteiger partial charge in [0.05, 0.1) is 5.39 Å². The van der Waals surface area contributed by atoms with E-state index < -0.39 is 0 Å². The topological polar surface area (TPSA) is 70.7 Å². The largest absolute Gasteiger partial charge is 0.365 e. The summed E-state index contributed by atoms with van der Waals surface area (Å²) < 4.78 is 0. The van der Waals surface area contributed by atoms with E-state index in [0.29, 0.717) is 6.54 Å². The molecule has 0 aliphatic heterocycles. The number of aromatic nitrogens is 3. The molecule has 108 valence electrons. The highest BCUT2D eigenvalue weighted by molar-refractivity contribution is 7.18. The fraction of sp³-hybridized carbons (Fsp3) is 0.267. The number of H-pyrrole nitrogens is 1. The zero-order valence-corrected chi connectivity index (χ0v) is 13.0. The van der Waals surface area contributed by atoms with E-state index in [1.807, 2.05) is 26.8 Å². The third-order valence-corrected chi connectivity index (χ3v) is 4.34. The number of hydrogen-bond acceptors (Lipinski definition) is 5. The van der Waals surface area contributed by atoms with Crippen LogP contribution in [0.4, 0.5) is 5.82 Å². The zero-order valence-electron chi connectivity index (χ0n) is 12.2. The van der Waals surface area contributed by atoms with E-state index in [2.05, 4.69) is 26.3 Å². The van der Waals surface area contributed by atoms with Gasteiger partial charge in [0.1, 0.15) is 17.0 Å². The molecule has 0 saturated carbocycles. The van der Waals surface area contributed by atoms with Crippen molar-refractivity contribution in [2.45, 2.75) is 27.3 Å². The zero-order chi connectivity index (χ0) is 15.0. The number of nitrogens with zero attached hydrogens (tertiary/aromatic N) is 2. The van der Waals surface area contributed by atoms with Gasteiger partial charge in [0, 0.05) is 22.7 Å². The van der Waals surface area contributed by atoms with Gasteiger partial charge in [-0.1, -0.05) is 0 Å². The Labute approximate surface area is 126 Å². The summed E-state index contributed by atoms with van der Waals surface area (Å²) in [5.74, 6) is 0.767. The molecule has 0 unspecified atom stereocenters. The Bertz CT molecular complexity index is 866. The van der Waals surface area contributed by atoms with Crippen molar-refractivity contribution >= 4 is 27.4 Å². The number of aryl methyl sites for hydroxylation is 3. The Hall–Kier alpha value is -2.21. The van der Waals surface area contributed by atoms with E-state index in [4.69, 9.17) is 0 Å². The molecule has 2 N–H and O–H groups in total. The monoisotopic (exact) mass is 300 g/mol. The van der Waals surface area contributed by atoms with Gasteiger partial charge in [-0.15, -0.1) is 11.3 Å². The maximum Gasteiger partial charge on any atom is 0.253 e. The van der Waals surface area contributed by atoms with Crippen molar-refractivity contribution in [1.29, 1.82) is 0 Å². The van der Waals surface area contributed by atoms with Crippen LogP contribution in [0.3, 0.4) is 0 Å². The van der Waals surface area contributed by atoms with Crippen LogP contribution in [-0.2, 0) is 6.54 Å². The lowest BCUT2D eigenvalue weighted by atomic mass is 10.1. The summed E-state index contributed by atoms with van der Waals surface area (Å²) in [6.45, 7) is 6.32. The van der Waals surface area contributed by atoms with Crippen LogP contribution in [0.5, 0.6) is 0 Å². The van der Waals surface area contributed by atoms with Crippen molar-refractivity contribution in [3.05, 3.63) is 50.5 Å². The first-order chi connectivity index (χ1) is 10.0. The summed E-state index contributed by atoms with van der Waals surface area (Å²) in [6, 6.07) is 4.04. The highest BCUT2D eigenvalue weighted by Crippen LogP contribution is 2.27. The van der Waals surface area contributed by atoms with E-state index in [-0.39, 0.29) is 5.56 Å². The summed E-state index contributed by atoms with van der Waals surface area (Å²) in [7, 11) is 0. The lowest BCUT2D eigenvalue weighted by molar-refractivity contribution is 1.00. The quantitative estimate of drug-likeness (QED) is 0.780. The molecule has 0 radical (unpaired) electrons. The second-order valence-corrected chi connectivity index (χ2v) is 6.33. The predicted octanol–water partition coefficient (Wildman–Crippen LogP) is 2.92. The van der Waals surface area contributed by atoms with Crippen LogP contribution >= 0.6 is 11.3 Å². The van der Waals surface area contributed by atoms with Crippen molar-refractivity contribution in [1.82, 2.24) is 15.0 Å². The number of nitrogens with one attached hydrogen (secondary N) is 2. The van der Waals surface area contributed by atoms with Crippen LogP contribution in [-0.4, -0.2) is 15.0 Å². The van der Waals surface area contributed by atoms with Gasteiger partial charge in [-0.25, -0.2) is 9.97 Å². The van der Waals surface area contributed by atoms with Gasteiger partial charge in [0.25, 0.3) is 5.56 Å². The Balaban J connectivity index is 1.92. The van der Waals surface area contributed by atoms with Crippen molar-refractivity contribution < 1.29 is 0 Å². The van der Waals surface area contributed by atoms with Crippen LogP contribution in [0.1, 0.15) is 21.7 Å². The standard InChI is InChI=1S/C15H16N4OS/c1-8-4-9(2)19-14(20)12(8)6-16-13-11-5-10(3)21-15(11)18-7-17-13/h4-5,7H,6H2,1-3H3,(H,19,20)(H,16,17,18). The molecule has 0 fully saturated rings. The van der Waals surface area contributed by atoms with Gasteiger partial charge in [-0.2, -0.15) is 0 Å². The molecule has 0 saturated heterocycles. The van der Waals surface area contributed by atoms with Crippen LogP contribution in [0.15, 0.2) is 23.3 Å². The molecule has 3 aromatic heterocycles. The first-order valence-electron chi connectivity index (χ1n) is 6.69. The van der Waals surface area contributed by atoms with Crippen molar-refractivity contribution in [3.8, 4) is 0 Å². The molecule has 3 heterocycles. The second-order valence-electron chi connectivity index (χ2n) is 5.09. The molecule has 3 rings (SSSR count). The summed E-state index contributed by atoms with van der Waals surface area (Å²) in [5, 5.41) is 4.26. The Morgan fingerprint density at radius 2 is 2.05 bits per heavy atom. The molecule has 0 spiro atoms. The number of rotatable bonds is 3. The van der Waals surface area contributed by atoms with Gasteiger partial charge in [-0.3, -0.25) is 4.79 Å². The van der Waals surface area contributed by atoms with Gasteiger partial charge >= 0.3 is 0 Å². The maximum atomic E-state index is 12.0. The van der Waals surface area contributed by atoms with Crippen molar-refractivity contribution in [2.24, 2.45) is 0 Å². The number of hydrogen-bond donors (Lipinski definition) is 2. The number of fused-ring (bicyclic) bond motifs is 1. The predicted molar refractivity (Wildman–Crippen MR) is 86.0 cm³/mol. The minimum absolute atomic E-state index is 0.0493. The molecule has 3 aromatic rings. The molecular formula is C15H16N4OS. The van der Waals surface area contributed by atoms with E-state index >= 15 is 0 Å². The maximum absolute atomic E-state index is 12.0. The lowest BCUT2D eigenvalue weighted by Crippen LogP contribution is -2.18. The number of aromatic amines is 1. The second kappa shape index (κ2) is 5.29. The van der Waals surface area contributed by atoms with Gasteiger partial charge in [0.2, 0.25) is 0 Å². The Kier molecular flexibility index (Phi) is 3.47. The van der Waals surface area contributed by atoms with Crippen LogP contribution in [0, 0.1) is 20.8 Å². The smallest absolute Gasteiger partial charge is 0.253 e. The molecule has 0 aliphatic carbocycles. The highest BCUT2D eigenvalue weighted by atomic mass is 32.1. The summed E-state index contributed by atoms with van der Waals surface area (Å²) in [5.41, 5.74) is 2.54. The SMILES string of the molecule is Cc1cc(C)c(CNc2ncnc3sc(C)cc23)c(=O)[nH]1. The fourth-order valence-electron chi connectivity index (χ4n) is 2.39. The molecule has 0 atom stereocenters. The summed E-state index contributed by atoms with van der Waals surface area (Å²) in [4.78, 5) is 25.6. The average molecular weight is 300 g/mol. The molecule has 6 heteroatoms. The molecule has 0 bridgehead atoms. The van der Waals surface area contributed by atoms with E-state index in [0.717, 1.165) is 32.9 Å². The lowest BCUT2D eigenvalue weighted by Gasteiger charge is -2.09. The average Bonchev–Trinajstić information content (AvgIpc) is 2.78. The first-order valence-corrected chi connectivity index (χ1v) is 7.50. The number of anilines is 1. The minimum atomic E-state index is -0.0493. The van der Waals surface area contributed by atoms with E-state index in [1.54, 1.807) is 17.7 Å². The molecule has 5 nitrogen and oxygen atoms in total. The third kappa shape index (κ3) is 2.67. The van der Waals surface area contributed by atoms with E-state index in [1.165, 1.54) is 4.88 Å². The minimum Gasteiger partial charge on any atom is -0.365 e. The van der Waals surface area contributed by atoms with E-state index in [9.17, 15) is 4.79 Å². The van der Waals surface area contributed by atoms with Gasteiger partial charge in [-0.05, 0) is 38.5 Å². The van der Waals surface area contributed by atoms with Crippen molar-refractivity contribution in [3.63, 3.8) is 0 Å². The summed E-state index contributed by atoms with van der Waals surface area (Å²) in [6.07, 6.45) is 1.55. The molecule has 21 heavy (non-hydrogen) atoms. The van der Waals surface area contributed by atoms with Crippen LogP contribution < -0.4 is 10.9 Å². The van der Waals surface area contributed by atoms with Gasteiger partial charge < -0.3 is 10.3 Å². The Morgan fingerprint density at radius 1 is 1.24 bits per heavy atom. The van der Waals surface area contributed by atoms with Crippen LogP contribution in [0.2, 0.25) is 0 Å². The van der Waals surface area contributed by atoms with Gasteiger partial charge in [0.15, 0.2) is 0 Å². The number of thiophene rings is 1. The number of pyridine rings is 1. The fourth-order valence-corrected chi connectivity index (χ4v) is 3.24. The van der Waals surface area contributed by atoms with Crippen molar-refractivity contribution in [2.75, 3.05) is 5.32 Å². The first kappa shape index (κ1) is 13.8. The normalized spacial score (nSPS) is 11.0. The molecule has 0 aliphatic rings. The summed E-state index contributed by atoms with van der Waals surface area (Å²) >= 11 is 1.64. The molecule has 0 aromatic carbocycles. The van der Waals surface area contributed by atoms with Crippen LogP contribution in [0.25, 0.3) is 10.2 Å². The molecular weight excluding hydrogens is 284 g/mol. The highest BCUT2D eigenvalue weighted by Gasteiger charge is 2.09. The Morgan fingerprint density at radius 3 is 2.81 bits per heavy atom. The third-order valence-electron chi connectivity index (χ3n) is 3.38. The molecule has 0 amide bonds.